The Balaban J connectivity index is 0. The SMILES string of the molecule is [B].[C].[N].[Ti]. The van der Waals surface area contributed by atoms with Crippen LogP contribution in [0.1, 0.15) is 0 Å². The number of hydrogen-bond donors (Lipinski definition) is 0. The van der Waals surface area contributed by atoms with Crippen molar-refractivity contribution in [3.63, 3.8) is 0 Å². The van der Waals surface area contributed by atoms with Crippen molar-refractivity contribution in [3.05, 3.63) is 7.43 Å². The molecule has 0 aromatic heterocycles. The maximum Gasteiger partial charge on any atom is 0 e. The van der Waals surface area contributed by atoms with Crippen LogP contribution >= 0.6 is 0 Å². The molecule has 0 heterocycles. The van der Waals surface area contributed by atoms with Crippen LogP contribution < -0.4 is 6.15 Å². The van der Waals surface area contributed by atoms with Gasteiger partial charge in [-0.2, -0.15) is 0 Å². The quantitative estimate of drug-likeness (QED) is 0.345. The third-order valence-corrected chi connectivity index (χ3v) is 0. The van der Waals surface area contributed by atoms with Crippen LogP contribution in [0.2, 0.25) is 0 Å². The van der Waals surface area contributed by atoms with E-state index in [-0.39, 0.29) is 43.7 Å². The average Bonchev–Trinajstić information content (AvgIpc) is 0. The summed E-state index contributed by atoms with van der Waals surface area (Å²) in [7, 11) is 0. The summed E-state index contributed by atoms with van der Waals surface area (Å²) in [4.78, 5) is 0. The molecule has 0 aliphatic carbocycles. The van der Waals surface area contributed by atoms with Gasteiger partial charge in [0.05, 0.1) is 0 Å². The topological polar surface area (TPSA) is 30.5 Å². The molecule has 1 nitrogen and oxygen atoms in total. The number of hydrogen-bond acceptors (Lipinski definition) is 0. The zero-order valence-electron chi connectivity index (χ0n) is 2.02. The third kappa shape index (κ3) is 15.2. The van der Waals surface area contributed by atoms with Gasteiger partial charge in [-0.25, -0.2) is 0 Å². The minimum atomic E-state index is 0. The second-order valence-electron chi connectivity index (χ2n) is 0. The van der Waals surface area contributed by atoms with Gasteiger partial charge in [0.25, 0.3) is 0 Å². The maximum absolute atomic E-state index is 0. The van der Waals surface area contributed by atoms with Gasteiger partial charge in [-0.15, -0.1) is 0 Å². The van der Waals surface area contributed by atoms with E-state index in [2.05, 4.69) is 0 Å². The first-order chi connectivity index (χ1) is 0. The Bertz CT molecular complexity index is 8.00. The third-order valence-electron chi connectivity index (χ3n) is 0. The molecule has 0 rings (SSSR count). The fraction of sp³-hybridized carbons (Fsp3) is 0. The van der Waals surface area contributed by atoms with E-state index in [9.17, 15) is 0 Å². The van der Waals surface area contributed by atoms with Crippen molar-refractivity contribution in [2.45, 2.75) is 0 Å². The Morgan fingerprint density at radius 1 is 1.00 bits per heavy atom. The van der Waals surface area contributed by atoms with Gasteiger partial charge in [0.2, 0.25) is 0 Å². The Labute approximate surface area is 44.2 Å². The van der Waals surface area contributed by atoms with Crippen molar-refractivity contribution in [2.24, 2.45) is 0 Å². The summed E-state index contributed by atoms with van der Waals surface area (Å²) < 4.78 is 0. The second kappa shape index (κ2) is 51.3. The Morgan fingerprint density at radius 2 is 1.00 bits per heavy atom. The molecular weight excluding hydrogens is 84.7 g/mol. The summed E-state index contributed by atoms with van der Waals surface area (Å²) in [6, 6.07) is 0. The van der Waals surface area contributed by atoms with Crippen LogP contribution in [0.3, 0.4) is 0 Å². The maximum atomic E-state index is 0. The molecule has 0 aromatic carbocycles. The first-order valence-corrected chi connectivity index (χ1v) is 0. The van der Waals surface area contributed by atoms with E-state index in [4.69, 9.17) is 0 Å². The zero-order chi connectivity index (χ0) is 0. The van der Waals surface area contributed by atoms with Gasteiger partial charge in [-0.1, -0.05) is 0 Å². The summed E-state index contributed by atoms with van der Waals surface area (Å²) in [5.74, 6) is 0. The molecule has 3 heteroatoms. The Hall–Kier alpha value is 0.739. The van der Waals surface area contributed by atoms with E-state index >= 15 is 0 Å². The van der Waals surface area contributed by atoms with Crippen LogP contribution in [0.15, 0.2) is 0 Å². The first kappa shape index (κ1) is 121. The fourth-order valence-electron chi connectivity index (χ4n) is 0. The molecule has 0 N–H and O–H groups in total. The van der Waals surface area contributed by atoms with Gasteiger partial charge < -0.3 is 0 Å². The van der Waals surface area contributed by atoms with Gasteiger partial charge in [-0.05, 0) is 0 Å². The Morgan fingerprint density at radius 3 is 1.00 bits per heavy atom. The van der Waals surface area contributed by atoms with Crippen molar-refractivity contribution in [3.8, 4) is 0 Å². The summed E-state index contributed by atoms with van der Waals surface area (Å²) in [6.07, 6.45) is 0. The van der Waals surface area contributed by atoms with E-state index < -0.39 is 0 Å². The molecule has 16 valence electrons. The zero-order valence-corrected chi connectivity index (χ0v) is 3.59. The van der Waals surface area contributed by atoms with E-state index in [1.165, 1.54) is 0 Å². The molecule has 0 spiro atoms. The molecule has 0 bridgehead atoms. The fourth-order valence-corrected chi connectivity index (χ4v) is 0. The van der Waals surface area contributed by atoms with Gasteiger partial charge in [0, 0.05) is 43.7 Å². The predicted octanol–water partition coefficient (Wildman–Crippen LogP) is -0.783. The summed E-state index contributed by atoms with van der Waals surface area (Å²) >= 11 is 0. The van der Waals surface area contributed by atoms with Gasteiger partial charge in [0.1, 0.15) is 0 Å². The first-order valence-electron chi connectivity index (χ1n) is 0. The number of nitrogens with zero attached hydrogens (tertiary/aromatic N) is 1. The molecule has 0 aliphatic rings. The van der Waals surface area contributed by atoms with Crippen LogP contribution in [-0.2, 0) is 21.7 Å². The van der Waals surface area contributed by atoms with Crippen molar-refractivity contribution in [2.75, 3.05) is 0 Å². The molecule has 0 aromatic rings. The van der Waals surface area contributed by atoms with Crippen LogP contribution in [0, 0.1) is 7.43 Å². The Kier molecular flexibility index (Phi) is 1560. The van der Waals surface area contributed by atoms with Gasteiger partial charge in [0.15, 0.2) is 0 Å². The normalized spacial score (nSPS) is 0. The number of rotatable bonds is 0. The average molecular weight is 84.7 g/mol. The molecule has 0 amide bonds. The van der Waals surface area contributed by atoms with E-state index in [1.807, 2.05) is 0 Å². The van der Waals surface area contributed by atoms with Gasteiger partial charge in [-0.3, -0.25) is 0 Å². The second-order valence-corrected chi connectivity index (χ2v) is 0. The minimum absolute atomic E-state index is 0. The summed E-state index contributed by atoms with van der Waals surface area (Å²) in [5, 5.41) is 0. The monoisotopic (exact) mass is 85.0 g/mol. The molecular formula is CBNTi. The largest absolute Gasteiger partial charge is 0 e. The molecule has 0 unspecified atom stereocenters. The molecule has 0 aliphatic heterocycles. The van der Waals surface area contributed by atoms with E-state index in [0.717, 1.165) is 0 Å². The molecule has 10 radical (unpaired) electrons. The minimum Gasteiger partial charge on any atom is 0 e. The van der Waals surface area contributed by atoms with E-state index in [1.54, 1.807) is 0 Å². The molecule has 4 heavy (non-hydrogen) atoms. The van der Waals surface area contributed by atoms with Crippen molar-refractivity contribution in [1.29, 1.82) is 0 Å². The van der Waals surface area contributed by atoms with Crippen LogP contribution in [-0.4, -0.2) is 8.41 Å². The van der Waals surface area contributed by atoms with Crippen LogP contribution in [0.4, 0.5) is 0 Å². The molecule has 0 saturated heterocycles. The van der Waals surface area contributed by atoms with Gasteiger partial charge >= 0.3 is 0 Å². The standard InChI is InChI=1S/C.B.N.Ti. The van der Waals surface area contributed by atoms with Crippen molar-refractivity contribution in [1.82, 2.24) is 6.15 Å². The summed E-state index contributed by atoms with van der Waals surface area (Å²) in [5.41, 5.74) is 0. The molecule has 0 saturated carbocycles. The predicted molar refractivity (Wildman–Crippen MR) is 11.1 cm³/mol. The molecule has 0 atom stereocenters. The summed E-state index contributed by atoms with van der Waals surface area (Å²) in [6.45, 7) is 0. The smallest absolute Gasteiger partial charge is 0 e. The molecule has 0 fully saturated rings. The van der Waals surface area contributed by atoms with Crippen LogP contribution in [0.5, 0.6) is 0 Å². The van der Waals surface area contributed by atoms with Crippen LogP contribution in [0.25, 0.3) is 0 Å². The van der Waals surface area contributed by atoms with Crippen molar-refractivity contribution >= 4 is 8.41 Å². The van der Waals surface area contributed by atoms with E-state index in [0.29, 0.717) is 0 Å². The van der Waals surface area contributed by atoms with Crippen molar-refractivity contribution < 1.29 is 21.7 Å².